The highest BCUT2D eigenvalue weighted by atomic mass is 16.2. The molecule has 0 spiro atoms. The first-order valence-electron chi connectivity index (χ1n) is 5.68. The van der Waals surface area contributed by atoms with Crippen LogP contribution in [0.1, 0.15) is 12.5 Å². The van der Waals surface area contributed by atoms with E-state index < -0.39 is 0 Å². The smallest absolute Gasteiger partial charge is 0.274 e. The maximum absolute atomic E-state index is 12.1. The van der Waals surface area contributed by atoms with Gasteiger partial charge >= 0.3 is 0 Å². The molecule has 0 radical (unpaired) electrons. The van der Waals surface area contributed by atoms with Crippen molar-refractivity contribution in [2.45, 2.75) is 13.5 Å². The highest BCUT2D eigenvalue weighted by molar-refractivity contribution is 5.88. The lowest BCUT2D eigenvalue weighted by molar-refractivity contribution is -0.114. The van der Waals surface area contributed by atoms with E-state index in [1.807, 2.05) is 30.3 Å². The van der Waals surface area contributed by atoms with Crippen LogP contribution in [0.4, 0.5) is 5.69 Å². The zero-order chi connectivity index (χ0) is 13.0. The van der Waals surface area contributed by atoms with Gasteiger partial charge in [0.1, 0.15) is 5.69 Å². The number of aromatic nitrogens is 1. The van der Waals surface area contributed by atoms with E-state index in [9.17, 15) is 9.59 Å². The summed E-state index contributed by atoms with van der Waals surface area (Å²) in [5.41, 5.74) is 1.15. The maximum Gasteiger partial charge on any atom is 0.274 e. The molecule has 1 heterocycles. The van der Waals surface area contributed by atoms with Crippen LogP contribution < -0.4 is 10.9 Å². The Bertz CT molecular complexity index is 603. The molecular formula is C14H14N2O2. The number of pyridine rings is 1. The highest BCUT2D eigenvalue weighted by Crippen LogP contribution is 2.03. The van der Waals surface area contributed by atoms with Crippen LogP contribution in [0.25, 0.3) is 0 Å². The average Bonchev–Trinajstić information content (AvgIpc) is 2.35. The van der Waals surface area contributed by atoms with Gasteiger partial charge in [0.25, 0.3) is 5.56 Å². The van der Waals surface area contributed by atoms with E-state index in [1.54, 1.807) is 22.9 Å². The monoisotopic (exact) mass is 242 g/mol. The van der Waals surface area contributed by atoms with Gasteiger partial charge in [-0.3, -0.25) is 9.59 Å². The second-order valence-corrected chi connectivity index (χ2v) is 4.02. The van der Waals surface area contributed by atoms with Crippen molar-refractivity contribution in [1.29, 1.82) is 0 Å². The van der Waals surface area contributed by atoms with E-state index >= 15 is 0 Å². The van der Waals surface area contributed by atoms with Crippen LogP contribution in [0.3, 0.4) is 0 Å². The first-order chi connectivity index (χ1) is 8.66. The Morgan fingerprint density at radius 3 is 2.56 bits per heavy atom. The fraction of sp³-hybridized carbons (Fsp3) is 0.143. The van der Waals surface area contributed by atoms with Gasteiger partial charge in [0, 0.05) is 13.1 Å². The van der Waals surface area contributed by atoms with Crippen molar-refractivity contribution in [3.05, 3.63) is 64.6 Å². The van der Waals surface area contributed by atoms with Gasteiger partial charge in [-0.1, -0.05) is 30.3 Å². The lowest BCUT2D eigenvalue weighted by Crippen LogP contribution is -2.24. The third-order valence-corrected chi connectivity index (χ3v) is 2.53. The predicted octanol–water partition coefficient (Wildman–Crippen LogP) is 1.85. The Morgan fingerprint density at radius 1 is 1.17 bits per heavy atom. The minimum absolute atomic E-state index is 0.198. The van der Waals surface area contributed by atoms with Gasteiger partial charge in [0.15, 0.2) is 0 Å². The van der Waals surface area contributed by atoms with Crippen LogP contribution in [0.2, 0.25) is 0 Å². The number of carbonyl (C=O) groups is 1. The zero-order valence-corrected chi connectivity index (χ0v) is 10.1. The summed E-state index contributed by atoms with van der Waals surface area (Å²) < 4.78 is 1.57. The normalized spacial score (nSPS) is 10.1. The van der Waals surface area contributed by atoms with Crippen molar-refractivity contribution >= 4 is 11.6 Å². The second-order valence-electron chi connectivity index (χ2n) is 4.02. The van der Waals surface area contributed by atoms with Crippen molar-refractivity contribution in [2.24, 2.45) is 0 Å². The molecule has 18 heavy (non-hydrogen) atoms. The van der Waals surface area contributed by atoms with Crippen molar-refractivity contribution in [1.82, 2.24) is 4.57 Å². The predicted molar refractivity (Wildman–Crippen MR) is 70.5 cm³/mol. The fourth-order valence-electron chi connectivity index (χ4n) is 1.73. The third kappa shape index (κ3) is 2.85. The molecule has 4 nitrogen and oxygen atoms in total. The van der Waals surface area contributed by atoms with Gasteiger partial charge in [-0.25, -0.2) is 0 Å². The molecular weight excluding hydrogens is 228 g/mol. The number of hydrogen-bond acceptors (Lipinski definition) is 2. The topological polar surface area (TPSA) is 51.1 Å². The summed E-state index contributed by atoms with van der Waals surface area (Å²) in [5, 5.41) is 2.53. The molecule has 0 aliphatic carbocycles. The summed E-state index contributed by atoms with van der Waals surface area (Å²) in [7, 11) is 0. The van der Waals surface area contributed by atoms with E-state index in [-0.39, 0.29) is 11.5 Å². The summed E-state index contributed by atoms with van der Waals surface area (Å²) in [6.07, 6.45) is 1.71. The molecule has 0 saturated carbocycles. The molecule has 0 bridgehead atoms. The van der Waals surface area contributed by atoms with Gasteiger partial charge in [0.2, 0.25) is 5.91 Å². The highest BCUT2D eigenvalue weighted by Gasteiger charge is 2.04. The first-order valence-corrected chi connectivity index (χ1v) is 5.68. The number of amides is 1. The molecule has 2 rings (SSSR count). The van der Waals surface area contributed by atoms with Crippen LogP contribution >= 0.6 is 0 Å². The molecule has 4 heteroatoms. The number of nitrogens with zero attached hydrogens (tertiary/aromatic N) is 1. The molecule has 2 aromatic rings. The van der Waals surface area contributed by atoms with Gasteiger partial charge < -0.3 is 9.88 Å². The van der Waals surface area contributed by atoms with Crippen molar-refractivity contribution in [2.75, 3.05) is 5.32 Å². The van der Waals surface area contributed by atoms with E-state index in [2.05, 4.69) is 5.32 Å². The van der Waals surface area contributed by atoms with Crippen molar-refractivity contribution < 1.29 is 4.79 Å². The van der Waals surface area contributed by atoms with Gasteiger partial charge in [-0.15, -0.1) is 0 Å². The van der Waals surface area contributed by atoms with Crippen molar-refractivity contribution in [3.8, 4) is 0 Å². The standard InChI is InChI=1S/C14H14N2O2/c1-11(17)15-13-8-5-9-16(14(13)18)10-12-6-3-2-4-7-12/h2-9H,10H2,1H3,(H,15,17). The molecule has 92 valence electrons. The summed E-state index contributed by atoms with van der Waals surface area (Å²) >= 11 is 0. The van der Waals surface area contributed by atoms with Gasteiger partial charge in [0.05, 0.1) is 6.54 Å². The van der Waals surface area contributed by atoms with Gasteiger partial charge in [-0.2, -0.15) is 0 Å². The lowest BCUT2D eigenvalue weighted by Gasteiger charge is -2.08. The molecule has 0 fully saturated rings. The minimum Gasteiger partial charge on any atom is -0.322 e. The molecule has 1 N–H and O–H groups in total. The maximum atomic E-state index is 12.1. The average molecular weight is 242 g/mol. The van der Waals surface area contributed by atoms with E-state index in [0.717, 1.165) is 5.56 Å². The van der Waals surface area contributed by atoms with Gasteiger partial charge in [-0.05, 0) is 17.7 Å². The number of hydrogen-bond donors (Lipinski definition) is 1. The molecule has 0 aliphatic heterocycles. The number of nitrogens with one attached hydrogen (secondary N) is 1. The van der Waals surface area contributed by atoms with Crippen molar-refractivity contribution in [3.63, 3.8) is 0 Å². The molecule has 0 saturated heterocycles. The van der Waals surface area contributed by atoms with Crippen LogP contribution in [0, 0.1) is 0 Å². The van der Waals surface area contributed by atoms with Crippen LogP contribution in [0.15, 0.2) is 53.5 Å². The summed E-state index contributed by atoms with van der Waals surface area (Å²) in [6, 6.07) is 13.0. The Kier molecular flexibility index (Phi) is 3.57. The largest absolute Gasteiger partial charge is 0.322 e. The van der Waals surface area contributed by atoms with E-state index in [1.165, 1.54) is 6.92 Å². The molecule has 0 atom stereocenters. The number of carbonyl (C=O) groups excluding carboxylic acids is 1. The Balaban J connectivity index is 2.29. The number of anilines is 1. The Labute approximate surface area is 105 Å². The molecule has 0 aliphatic rings. The zero-order valence-electron chi connectivity index (χ0n) is 10.1. The summed E-state index contributed by atoms with van der Waals surface area (Å²) in [5.74, 6) is -0.246. The quantitative estimate of drug-likeness (QED) is 0.893. The Hall–Kier alpha value is -2.36. The second kappa shape index (κ2) is 5.31. The molecule has 1 aromatic carbocycles. The van der Waals surface area contributed by atoms with E-state index in [4.69, 9.17) is 0 Å². The lowest BCUT2D eigenvalue weighted by atomic mass is 10.2. The SMILES string of the molecule is CC(=O)Nc1cccn(Cc2ccccc2)c1=O. The molecule has 1 amide bonds. The fourth-order valence-corrected chi connectivity index (χ4v) is 1.73. The number of benzene rings is 1. The third-order valence-electron chi connectivity index (χ3n) is 2.53. The van der Waals surface area contributed by atoms with E-state index in [0.29, 0.717) is 12.2 Å². The molecule has 1 aromatic heterocycles. The number of rotatable bonds is 3. The summed E-state index contributed by atoms with van der Waals surface area (Å²) in [6.45, 7) is 1.88. The minimum atomic E-state index is -0.246. The van der Waals surface area contributed by atoms with Crippen LogP contribution in [-0.4, -0.2) is 10.5 Å². The summed E-state index contributed by atoms with van der Waals surface area (Å²) in [4.78, 5) is 23.0. The van der Waals surface area contributed by atoms with Crippen LogP contribution in [-0.2, 0) is 11.3 Å². The Morgan fingerprint density at radius 2 is 1.89 bits per heavy atom. The first kappa shape index (κ1) is 12.1. The van der Waals surface area contributed by atoms with Crippen LogP contribution in [0.5, 0.6) is 0 Å². The molecule has 0 unspecified atom stereocenters.